The normalized spacial score (nSPS) is 23.1. The lowest BCUT2D eigenvalue weighted by Crippen LogP contribution is -2.62. The Hall–Kier alpha value is -3.36. The molecule has 4 aromatic rings. The molecule has 11 nitrogen and oxygen atoms in total. The fourth-order valence-corrected chi connectivity index (χ4v) is 7.89. The molecule has 0 spiro atoms. The number of nitrogens with one attached hydrogen (secondary N) is 3. The van der Waals surface area contributed by atoms with Gasteiger partial charge in [0.1, 0.15) is 23.5 Å². The van der Waals surface area contributed by atoms with E-state index in [0.717, 1.165) is 87.2 Å². The molecule has 3 saturated heterocycles. The predicted octanol–water partition coefficient (Wildman–Crippen LogP) is 4.43. The molecule has 8 rings (SSSR count). The molecule has 1 atom stereocenters. The number of rotatable bonds is 7. The predicted molar refractivity (Wildman–Crippen MR) is 183 cm³/mol. The lowest BCUT2D eigenvalue weighted by Gasteiger charge is -2.45. The highest BCUT2D eigenvalue weighted by Gasteiger charge is 2.47. The van der Waals surface area contributed by atoms with Crippen molar-refractivity contribution in [1.82, 2.24) is 40.6 Å². The maximum Gasteiger partial charge on any atom is 0.319 e. The van der Waals surface area contributed by atoms with E-state index in [1.54, 1.807) is 6.20 Å². The van der Waals surface area contributed by atoms with Gasteiger partial charge in [0, 0.05) is 93.6 Å². The molecule has 0 bridgehead atoms. The fourth-order valence-electron chi connectivity index (χ4n) is 7.60. The first-order valence-electron chi connectivity index (χ1n) is 17.0. The zero-order valence-electron chi connectivity index (χ0n) is 27.4. The Balaban J connectivity index is 1.34. The number of benzene rings is 2. The molecule has 1 unspecified atom stereocenters. The number of anilines is 1. The van der Waals surface area contributed by atoms with Crippen molar-refractivity contribution in [1.29, 1.82) is 0 Å². The molecular formula is C34H42ClF2N9O2. The van der Waals surface area contributed by atoms with Crippen LogP contribution in [0.15, 0.2) is 24.4 Å². The first kappa shape index (κ1) is 31.9. The van der Waals surface area contributed by atoms with Gasteiger partial charge in [0.2, 0.25) is 0 Å². The third-order valence-corrected chi connectivity index (χ3v) is 10.6. The Bertz CT molecular complexity index is 1800. The van der Waals surface area contributed by atoms with Gasteiger partial charge < -0.3 is 29.9 Å². The molecule has 2 aromatic carbocycles. The van der Waals surface area contributed by atoms with Gasteiger partial charge in [-0.25, -0.2) is 8.78 Å². The quantitative estimate of drug-likeness (QED) is 0.260. The molecule has 14 heteroatoms. The topological polar surface area (TPSA) is 107 Å². The average molecular weight is 682 g/mol. The summed E-state index contributed by atoms with van der Waals surface area (Å²) in [6.45, 7) is 9.77. The van der Waals surface area contributed by atoms with E-state index in [9.17, 15) is 8.78 Å². The highest BCUT2D eigenvalue weighted by atomic mass is 35.5. The first-order valence-corrected chi connectivity index (χ1v) is 17.4. The van der Waals surface area contributed by atoms with E-state index in [-0.39, 0.29) is 31.1 Å². The minimum Gasteiger partial charge on any atom is -0.487 e. The van der Waals surface area contributed by atoms with Crippen molar-refractivity contribution < 1.29 is 18.3 Å². The minimum absolute atomic E-state index is 0.0399. The number of aryl methyl sites for hydroxylation is 1. The molecule has 4 fully saturated rings. The molecular weight excluding hydrogens is 640 g/mol. The van der Waals surface area contributed by atoms with Crippen LogP contribution in [0.5, 0.6) is 11.8 Å². The van der Waals surface area contributed by atoms with Gasteiger partial charge in [-0.2, -0.15) is 15.1 Å². The maximum atomic E-state index is 14.2. The Labute approximate surface area is 283 Å². The van der Waals surface area contributed by atoms with Gasteiger partial charge in [-0.05, 0) is 44.5 Å². The Morgan fingerprint density at radius 2 is 1.69 bits per heavy atom. The summed E-state index contributed by atoms with van der Waals surface area (Å²) in [4.78, 5) is 17.3. The zero-order valence-corrected chi connectivity index (χ0v) is 28.1. The summed E-state index contributed by atoms with van der Waals surface area (Å²) in [5.41, 5.74) is 3.73. The smallest absolute Gasteiger partial charge is 0.319 e. The van der Waals surface area contributed by atoms with E-state index in [4.69, 9.17) is 31.0 Å². The van der Waals surface area contributed by atoms with Crippen LogP contribution in [0.2, 0.25) is 5.02 Å². The molecule has 0 radical (unpaired) electrons. The van der Waals surface area contributed by atoms with Crippen molar-refractivity contribution in [2.45, 2.75) is 56.9 Å². The number of piperazine rings is 2. The minimum atomic E-state index is -2.76. The van der Waals surface area contributed by atoms with Crippen molar-refractivity contribution >= 4 is 39.2 Å². The van der Waals surface area contributed by atoms with Crippen molar-refractivity contribution in [3.8, 4) is 22.9 Å². The van der Waals surface area contributed by atoms with Gasteiger partial charge in [-0.1, -0.05) is 17.7 Å². The number of hydrogen-bond acceptors (Lipinski definition) is 10. The number of aromatic amines is 1. The van der Waals surface area contributed by atoms with Crippen LogP contribution in [0.25, 0.3) is 32.9 Å². The van der Waals surface area contributed by atoms with Crippen LogP contribution in [-0.2, 0) is 0 Å². The van der Waals surface area contributed by atoms with Crippen LogP contribution in [-0.4, -0.2) is 120 Å². The first-order chi connectivity index (χ1) is 23.2. The van der Waals surface area contributed by atoms with Gasteiger partial charge in [0.15, 0.2) is 5.75 Å². The summed E-state index contributed by atoms with van der Waals surface area (Å²) >= 11 is 7.29. The number of aromatic nitrogens is 4. The maximum absolute atomic E-state index is 14.2. The highest BCUT2D eigenvalue weighted by Crippen LogP contribution is 2.50. The molecule has 4 aliphatic rings. The van der Waals surface area contributed by atoms with E-state index in [0.29, 0.717) is 39.6 Å². The zero-order chi connectivity index (χ0) is 33.0. The molecule has 0 amide bonds. The summed E-state index contributed by atoms with van der Waals surface area (Å²) in [7, 11) is 2.11. The molecule has 2 aromatic heterocycles. The van der Waals surface area contributed by atoms with Gasteiger partial charge in [-0.3, -0.25) is 10.00 Å². The summed E-state index contributed by atoms with van der Waals surface area (Å²) in [5, 5.41) is 16.4. The van der Waals surface area contributed by atoms with Crippen LogP contribution < -0.4 is 25.0 Å². The third kappa shape index (κ3) is 6.04. The van der Waals surface area contributed by atoms with Crippen LogP contribution in [0.4, 0.5) is 14.6 Å². The number of alkyl halides is 2. The second-order valence-corrected chi connectivity index (χ2v) is 14.1. The van der Waals surface area contributed by atoms with Crippen molar-refractivity contribution in [2.75, 3.05) is 70.9 Å². The van der Waals surface area contributed by atoms with E-state index in [2.05, 4.69) is 42.6 Å². The number of likely N-dealkylation sites (tertiary alicyclic amines) is 1. The largest absolute Gasteiger partial charge is 0.487 e. The highest BCUT2D eigenvalue weighted by molar-refractivity contribution is 6.35. The van der Waals surface area contributed by atoms with Gasteiger partial charge in [0.05, 0.1) is 22.9 Å². The van der Waals surface area contributed by atoms with E-state index in [1.807, 2.05) is 25.1 Å². The van der Waals surface area contributed by atoms with Crippen molar-refractivity contribution in [2.24, 2.45) is 0 Å². The Kier molecular flexibility index (Phi) is 8.52. The number of hydrogen-bond donors (Lipinski definition) is 3. The molecule has 256 valence electrons. The fraction of sp³-hybridized carbons (Fsp3) is 0.559. The van der Waals surface area contributed by atoms with Crippen LogP contribution in [0.3, 0.4) is 0 Å². The van der Waals surface area contributed by atoms with Crippen LogP contribution in [0.1, 0.15) is 31.2 Å². The number of H-pyrrole nitrogens is 1. The Morgan fingerprint density at radius 1 is 0.917 bits per heavy atom. The summed E-state index contributed by atoms with van der Waals surface area (Å²) < 4.78 is 41.6. The summed E-state index contributed by atoms with van der Waals surface area (Å²) in [6, 6.07) is 6.15. The monoisotopic (exact) mass is 681 g/mol. The molecule has 1 saturated carbocycles. The van der Waals surface area contributed by atoms with Gasteiger partial charge >= 0.3 is 6.01 Å². The summed E-state index contributed by atoms with van der Waals surface area (Å²) in [6.07, 6.45) is 2.07. The summed E-state index contributed by atoms with van der Waals surface area (Å²) in [5.74, 6) is -1.68. The average Bonchev–Trinajstić information content (AvgIpc) is 3.55. The lowest BCUT2D eigenvalue weighted by molar-refractivity contribution is -0.134. The molecule has 1 aliphatic carbocycles. The van der Waals surface area contributed by atoms with E-state index >= 15 is 0 Å². The van der Waals surface area contributed by atoms with Crippen LogP contribution in [0, 0.1) is 6.92 Å². The Morgan fingerprint density at radius 3 is 2.46 bits per heavy atom. The number of fused-ring (bicyclic) bond motifs is 2. The SMILES string of the molecule is Cc1ccc2[nH]ncc2c1-c1c(Cl)cc2c(N3CCNCC3N3CCNCC3)nc(OC3CCN(C)CC3)nc2c1OC1CC(F)(F)C1. The number of ether oxygens (including phenoxy) is 2. The molecule has 3 aliphatic heterocycles. The lowest BCUT2D eigenvalue weighted by atomic mass is 9.90. The third-order valence-electron chi connectivity index (χ3n) is 10.3. The van der Waals surface area contributed by atoms with Gasteiger partial charge in [0.25, 0.3) is 5.92 Å². The number of nitrogens with zero attached hydrogens (tertiary/aromatic N) is 6. The second kappa shape index (κ2) is 12.8. The number of piperidine rings is 1. The van der Waals surface area contributed by atoms with E-state index in [1.165, 1.54) is 0 Å². The van der Waals surface area contributed by atoms with Crippen molar-refractivity contribution in [3.05, 3.63) is 35.0 Å². The second-order valence-electron chi connectivity index (χ2n) is 13.7. The molecule has 5 heterocycles. The van der Waals surface area contributed by atoms with Crippen LogP contribution >= 0.6 is 11.6 Å². The van der Waals surface area contributed by atoms with Crippen molar-refractivity contribution in [3.63, 3.8) is 0 Å². The van der Waals surface area contributed by atoms with Gasteiger partial charge in [-0.15, -0.1) is 0 Å². The number of halogens is 3. The molecule has 3 N–H and O–H groups in total. The molecule has 48 heavy (non-hydrogen) atoms. The standard InChI is InChI=1S/C34H42ClF2N9O2/c1-20-3-4-26-24(18-40-43-26)28(20)29-25(35)15-23-30(31(29)47-22-16-34(36,37)17-22)41-33(48-21-5-10-44(2)11-6-21)42-32(23)46-14-9-39-19-27(46)45-12-7-38-8-13-45/h3-4,15,18,21-22,27,38-39H,5-14,16-17,19H2,1-2H3,(H,40,43). The van der Waals surface area contributed by atoms with E-state index < -0.39 is 12.0 Å².